The van der Waals surface area contributed by atoms with E-state index in [0.717, 1.165) is 28.3 Å². The molecule has 2 aliphatic rings. The number of imide groups is 1. The van der Waals surface area contributed by atoms with Crippen molar-refractivity contribution < 1.29 is 18.9 Å². The molecule has 0 radical (unpaired) electrons. The van der Waals surface area contributed by atoms with Crippen LogP contribution in [0.15, 0.2) is 72.8 Å². The molecule has 0 spiro atoms. The summed E-state index contributed by atoms with van der Waals surface area (Å²) in [7, 11) is -1.95. The minimum Gasteiger partial charge on any atom is -0.496 e. The summed E-state index contributed by atoms with van der Waals surface area (Å²) in [4.78, 5) is 28.4. The third-order valence-corrected chi connectivity index (χ3v) is 10.2. The molecule has 0 aromatic heterocycles. The first kappa shape index (κ1) is 23.2. The number of ether oxygens (including phenoxy) is 1. The van der Waals surface area contributed by atoms with Crippen molar-refractivity contribution >= 4 is 36.3 Å². The summed E-state index contributed by atoms with van der Waals surface area (Å²) in [5, 5.41) is 0. The molecule has 0 aliphatic carbocycles. The van der Waals surface area contributed by atoms with E-state index in [-0.39, 0.29) is 12.3 Å². The molecule has 2 fully saturated rings. The van der Waals surface area contributed by atoms with E-state index in [1.54, 1.807) is 19.2 Å². The molecule has 1 unspecified atom stereocenters. The Labute approximate surface area is 205 Å². The van der Waals surface area contributed by atoms with Gasteiger partial charge in [-0.1, -0.05) is 36.4 Å². The van der Waals surface area contributed by atoms with Gasteiger partial charge in [0.15, 0.2) is 0 Å². The number of benzene rings is 3. The van der Waals surface area contributed by atoms with Crippen LogP contribution in [-0.2, 0) is 14.2 Å². The number of aryl methyl sites for hydroxylation is 2. The van der Waals surface area contributed by atoms with E-state index in [4.69, 9.17) is 4.74 Å². The van der Waals surface area contributed by atoms with Gasteiger partial charge in [0, 0.05) is 30.9 Å². The molecule has 0 saturated carbocycles. The number of para-hydroxylation sites is 2. The number of anilines is 3. The van der Waals surface area contributed by atoms with Crippen LogP contribution in [0.4, 0.5) is 17.1 Å². The highest BCUT2D eigenvalue weighted by atomic mass is 31.2. The van der Waals surface area contributed by atoms with E-state index in [9.17, 15) is 9.59 Å². The van der Waals surface area contributed by atoms with Gasteiger partial charge in [0.1, 0.15) is 11.4 Å². The van der Waals surface area contributed by atoms with E-state index in [0.29, 0.717) is 18.8 Å². The minimum atomic E-state index is -3.54. The summed E-state index contributed by atoms with van der Waals surface area (Å²) < 4.78 is 24.2. The van der Waals surface area contributed by atoms with Gasteiger partial charge in [-0.2, -0.15) is 0 Å². The molecule has 2 amide bonds. The smallest absolute Gasteiger partial charge is 0.275 e. The average molecular weight is 490 g/mol. The van der Waals surface area contributed by atoms with Crippen LogP contribution in [0.1, 0.15) is 17.5 Å². The Hall–Kier alpha value is -3.57. The molecule has 1 atom stereocenters. The summed E-state index contributed by atoms with van der Waals surface area (Å²) in [6.07, 6.45) is -0.104. The predicted molar refractivity (Wildman–Crippen MR) is 139 cm³/mol. The molecule has 5 rings (SSSR count). The van der Waals surface area contributed by atoms with E-state index < -0.39 is 19.0 Å². The number of amides is 2. The van der Waals surface area contributed by atoms with Crippen LogP contribution in [0.5, 0.6) is 5.75 Å². The topological polar surface area (TPSA) is 70.2 Å². The van der Waals surface area contributed by atoms with Gasteiger partial charge < -0.3 is 14.1 Å². The SMILES string of the molecule is COc1c(C)cc(N2C(=O)CC(P3(=O)N(c4ccccc4)CCN3c3ccccc3)C2=O)cc1C. The molecule has 2 aliphatic heterocycles. The quantitative estimate of drug-likeness (QED) is 0.364. The van der Waals surface area contributed by atoms with E-state index in [1.165, 1.54) is 4.90 Å². The standard InChI is InChI=1S/C27H28N3O4P/c1-19-16-23(17-20(2)26(19)34-3)30-25(31)18-24(27(30)32)35(33)28(21-10-6-4-7-11-21)14-15-29(35)22-12-8-5-9-13-22/h4-13,16-17,24H,14-15,18H2,1-3H3. The molecule has 8 heteroatoms. The lowest BCUT2D eigenvalue weighted by Crippen LogP contribution is -2.36. The van der Waals surface area contributed by atoms with Gasteiger partial charge in [0.2, 0.25) is 11.8 Å². The van der Waals surface area contributed by atoms with Crippen LogP contribution in [-0.4, -0.2) is 37.7 Å². The lowest BCUT2D eigenvalue weighted by Gasteiger charge is -2.35. The first-order valence-corrected chi connectivity index (χ1v) is 13.3. The summed E-state index contributed by atoms with van der Waals surface area (Å²) in [6, 6.07) is 22.5. The van der Waals surface area contributed by atoms with E-state index in [2.05, 4.69) is 0 Å². The lowest BCUT2D eigenvalue weighted by molar-refractivity contribution is -0.121. The van der Waals surface area contributed by atoms with Gasteiger partial charge in [-0.3, -0.25) is 14.2 Å². The van der Waals surface area contributed by atoms with Crippen LogP contribution in [0.2, 0.25) is 0 Å². The predicted octanol–water partition coefficient (Wildman–Crippen LogP) is 5.16. The van der Waals surface area contributed by atoms with E-state index in [1.807, 2.05) is 83.9 Å². The first-order chi connectivity index (χ1) is 16.9. The molecule has 180 valence electrons. The zero-order valence-corrected chi connectivity index (χ0v) is 20.9. The van der Waals surface area contributed by atoms with Crippen molar-refractivity contribution in [2.45, 2.75) is 25.9 Å². The minimum absolute atomic E-state index is 0.104. The molecule has 0 bridgehead atoms. The Morgan fingerprint density at radius 2 is 1.29 bits per heavy atom. The Balaban J connectivity index is 1.59. The van der Waals surface area contributed by atoms with Crippen molar-refractivity contribution in [2.24, 2.45) is 0 Å². The molecule has 0 N–H and O–H groups in total. The second-order valence-corrected chi connectivity index (χ2v) is 11.7. The van der Waals surface area contributed by atoms with Crippen molar-refractivity contribution in [1.82, 2.24) is 0 Å². The maximum atomic E-state index is 15.1. The highest BCUT2D eigenvalue weighted by Crippen LogP contribution is 2.65. The zero-order valence-electron chi connectivity index (χ0n) is 20.0. The third kappa shape index (κ3) is 3.71. The van der Waals surface area contributed by atoms with Gasteiger partial charge >= 0.3 is 0 Å². The van der Waals surface area contributed by atoms with Gasteiger partial charge in [-0.15, -0.1) is 0 Å². The highest BCUT2D eigenvalue weighted by molar-refractivity contribution is 7.69. The Bertz CT molecular complexity index is 1250. The molecule has 7 nitrogen and oxygen atoms in total. The van der Waals surface area contributed by atoms with Crippen LogP contribution >= 0.6 is 7.44 Å². The van der Waals surface area contributed by atoms with Gasteiger partial charge in [-0.05, 0) is 61.4 Å². The zero-order chi connectivity index (χ0) is 24.7. The van der Waals surface area contributed by atoms with Gasteiger partial charge in [-0.25, -0.2) is 4.90 Å². The van der Waals surface area contributed by atoms with Crippen molar-refractivity contribution in [2.75, 3.05) is 34.4 Å². The monoisotopic (exact) mass is 489 g/mol. The molecule has 35 heavy (non-hydrogen) atoms. The normalized spacial score (nSPS) is 19.5. The second kappa shape index (κ2) is 8.90. The first-order valence-electron chi connectivity index (χ1n) is 11.6. The molecular weight excluding hydrogens is 461 g/mol. The van der Waals surface area contributed by atoms with Crippen molar-refractivity contribution in [3.63, 3.8) is 0 Å². The van der Waals surface area contributed by atoms with Crippen LogP contribution in [0.25, 0.3) is 0 Å². The molecule has 2 heterocycles. The largest absolute Gasteiger partial charge is 0.496 e. The fourth-order valence-electron chi connectivity index (χ4n) is 5.26. The second-order valence-electron chi connectivity index (χ2n) is 8.91. The summed E-state index contributed by atoms with van der Waals surface area (Å²) in [6.45, 7) is 4.75. The summed E-state index contributed by atoms with van der Waals surface area (Å²) >= 11 is 0. The van der Waals surface area contributed by atoms with Crippen LogP contribution in [0.3, 0.4) is 0 Å². The number of hydrogen-bond donors (Lipinski definition) is 0. The van der Waals surface area contributed by atoms with Crippen molar-refractivity contribution in [1.29, 1.82) is 0 Å². The van der Waals surface area contributed by atoms with Crippen LogP contribution in [0, 0.1) is 13.8 Å². The Morgan fingerprint density at radius 3 is 1.74 bits per heavy atom. The Morgan fingerprint density at radius 1 is 0.800 bits per heavy atom. The summed E-state index contributed by atoms with van der Waals surface area (Å²) in [5.74, 6) is -0.0448. The third-order valence-electron chi connectivity index (χ3n) is 6.76. The molecule has 2 saturated heterocycles. The van der Waals surface area contributed by atoms with Gasteiger partial charge in [0.05, 0.1) is 12.8 Å². The fourth-order valence-corrected chi connectivity index (χ4v) is 8.67. The highest BCUT2D eigenvalue weighted by Gasteiger charge is 2.57. The number of nitrogens with zero attached hydrogens (tertiary/aromatic N) is 3. The van der Waals surface area contributed by atoms with E-state index >= 15 is 4.57 Å². The van der Waals surface area contributed by atoms with Crippen molar-refractivity contribution in [3.8, 4) is 5.75 Å². The maximum Gasteiger partial charge on any atom is 0.275 e. The maximum absolute atomic E-state index is 15.1. The number of carbonyl (C=O) groups excluding carboxylic acids is 2. The number of hydrogen-bond acceptors (Lipinski definition) is 4. The number of carbonyl (C=O) groups is 2. The Kier molecular flexibility index (Phi) is 5.89. The van der Waals surface area contributed by atoms with Crippen molar-refractivity contribution in [3.05, 3.63) is 83.9 Å². The lowest BCUT2D eigenvalue weighted by atomic mass is 10.1. The average Bonchev–Trinajstić information content (AvgIpc) is 3.36. The molecule has 3 aromatic carbocycles. The number of rotatable bonds is 5. The molecule has 3 aromatic rings. The van der Waals surface area contributed by atoms with Gasteiger partial charge in [0.25, 0.3) is 7.44 Å². The molecular formula is C27H28N3O4P. The summed E-state index contributed by atoms with van der Waals surface area (Å²) in [5.41, 5.74) is 2.74. The fraction of sp³-hybridized carbons (Fsp3) is 0.259. The van der Waals surface area contributed by atoms with Crippen LogP contribution < -0.4 is 19.0 Å². The number of methoxy groups -OCH3 is 1.